The number of carbonyl (C=O) groups is 1. The molecule has 0 aromatic heterocycles. The highest BCUT2D eigenvalue weighted by molar-refractivity contribution is 6.30. The summed E-state index contributed by atoms with van der Waals surface area (Å²) in [6, 6.07) is 7.95. The Bertz CT molecular complexity index is 519. The number of hydrogen-bond acceptors (Lipinski definition) is 4. The minimum Gasteiger partial charge on any atom is -0.373 e. The van der Waals surface area contributed by atoms with Gasteiger partial charge in [-0.1, -0.05) is 23.7 Å². The molecule has 1 amide bonds. The van der Waals surface area contributed by atoms with Crippen molar-refractivity contribution in [1.82, 2.24) is 15.5 Å². The number of hydrogen-bond donors (Lipinski definition) is 2. The van der Waals surface area contributed by atoms with E-state index in [-0.39, 0.29) is 17.6 Å². The van der Waals surface area contributed by atoms with Gasteiger partial charge in [-0.25, -0.2) is 0 Å². The number of halogens is 1. The van der Waals surface area contributed by atoms with Crippen molar-refractivity contribution in [2.24, 2.45) is 0 Å². The fourth-order valence-electron chi connectivity index (χ4n) is 2.90. The van der Waals surface area contributed by atoms with Crippen LogP contribution in [0.5, 0.6) is 0 Å². The fraction of sp³-hybridized carbons (Fsp3) is 0.588. The van der Waals surface area contributed by atoms with E-state index in [1.54, 1.807) is 7.05 Å². The first-order chi connectivity index (χ1) is 10.9. The summed E-state index contributed by atoms with van der Waals surface area (Å²) in [6.07, 6.45) is 0. The molecule has 5 nitrogen and oxygen atoms in total. The monoisotopic (exact) mass is 339 g/mol. The molecule has 2 rings (SSSR count). The van der Waals surface area contributed by atoms with Crippen molar-refractivity contribution in [2.75, 3.05) is 39.8 Å². The van der Waals surface area contributed by atoms with Crippen molar-refractivity contribution in [1.29, 1.82) is 0 Å². The third-order valence-corrected chi connectivity index (χ3v) is 4.23. The molecule has 23 heavy (non-hydrogen) atoms. The predicted octanol–water partition coefficient (Wildman–Crippen LogP) is 1.83. The Hall–Kier alpha value is -1.14. The number of rotatable bonds is 6. The first-order valence-electron chi connectivity index (χ1n) is 7.96. The third kappa shape index (κ3) is 5.46. The smallest absolute Gasteiger partial charge is 0.234 e. The van der Waals surface area contributed by atoms with Gasteiger partial charge in [-0.05, 0) is 38.6 Å². The van der Waals surface area contributed by atoms with Gasteiger partial charge in [-0.2, -0.15) is 0 Å². The largest absolute Gasteiger partial charge is 0.373 e. The maximum absolute atomic E-state index is 11.8. The van der Waals surface area contributed by atoms with Crippen molar-refractivity contribution in [2.45, 2.75) is 25.5 Å². The molecule has 1 aromatic carbocycles. The van der Waals surface area contributed by atoms with E-state index in [2.05, 4.69) is 29.4 Å². The SMILES string of the molecule is CNCC(=O)NCC(c1ccc(Cl)cc1)N1CCOC(C)(C)C1. The number of likely N-dealkylation sites (N-methyl/N-ethyl adjacent to an activating group) is 1. The van der Waals surface area contributed by atoms with Crippen LogP contribution in [0.3, 0.4) is 0 Å². The lowest BCUT2D eigenvalue weighted by Gasteiger charge is -2.42. The number of amides is 1. The van der Waals surface area contributed by atoms with Crippen molar-refractivity contribution in [3.05, 3.63) is 34.9 Å². The van der Waals surface area contributed by atoms with Crippen LogP contribution in [-0.4, -0.2) is 56.2 Å². The second-order valence-electron chi connectivity index (χ2n) is 6.48. The van der Waals surface area contributed by atoms with Crippen LogP contribution in [0.25, 0.3) is 0 Å². The maximum Gasteiger partial charge on any atom is 0.234 e. The highest BCUT2D eigenvalue weighted by Gasteiger charge is 2.32. The molecule has 1 fully saturated rings. The van der Waals surface area contributed by atoms with Gasteiger partial charge in [0.25, 0.3) is 0 Å². The summed E-state index contributed by atoms with van der Waals surface area (Å²) in [5.74, 6) is -0.000942. The van der Waals surface area contributed by atoms with E-state index < -0.39 is 0 Å². The van der Waals surface area contributed by atoms with E-state index in [0.29, 0.717) is 24.7 Å². The summed E-state index contributed by atoms with van der Waals surface area (Å²) >= 11 is 6.00. The molecule has 0 spiro atoms. The molecular formula is C17H26ClN3O2. The highest BCUT2D eigenvalue weighted by atomic mass is 35.5. The van der Waals surface area contributed by atoms with Crippen LogP contribution < -0.4 is 10.6 Å². The molecule has 0 aliphatic carbocycles. The van der Waals surface area contributed by atoms with Crippen molar-refractivity contribution < 1.29 is 9.53 Å². The zero-order valence-corrected chi connectivity index (χ0v) is 14.8. The van der Waals surface area contributed by atoms with Crippen LogP contribution in [0.1, 0.15) is 25.5 Å². The van der Waals surface area contributed by atoms with Gasteiger partial charge < -0.3 is 15.4 Å². The summed E-state index contributed by atoms with van der Waals surface area (Å²) < 4.78 is 5.80. The number of benzene rings is 1. The van der Waals surface area contributed by atoms with Gasteiger partial charge in [0.1, 0.15) is 0 Å². The topological polar surface area (TPSA) is 53.6 Å². The number of carbonyl (C=O) groups excluding carboxylic acids is 1. The lowest BCUT2D eigenvalue weighted by molar-refractivity contribution is -0.121. The lowest BCUT2D eigenvalue weighted by atomic mass is 10.0. The molecule has 0 saturated carbocycles. The summed E-state index contributed by atoms with van der Waals surface area (Å²) in [4.78, 5) is 14.2. The maximum atomic E-state index is 11.8. The van der Waals surface area contributed by atoms with Crippen LogP contribution in [-0.2, 0) is 9.53 Å². The number of nitrogens with one attached hydrogen (secondary N) is 2. The van der Waals surface area contributed by atoms with Crippen LogP contribution in [0.15, 0.2) is 24.3 Å². The Kier molecular flexibility index (Phi) is 6.41. The van der Waals surface area contributed by atoms with E-state index in [1.165, 1.54) is 0 Å². The molecule has 6 heteroatoms. The van der Waals surface area contributed by atoms with Gasteiger partial charge in [0.05, 0.1) is 24.8 Å². The quantitative estimate of drug-likeness (QED) is 0.830. The molecule has 1 heterocycles. The van der Waals surface area contributed by atoms with Crippen LogP contribution in [0.4, 0.5) is 0 Å². The standard InChI is InChI=1S/C17H26ClN3O2/c1-17(2)12-21(8-9-23-17)15(10-20-16(22)11-19-3)13-4-6-14(18)7-5-13/h4-7,15,19H,8-12H2,1-3H3,(H,20,22). The Balaban J connectivity index is 2.13. The predicted molar refractivity (Wildman–Crippen MR) is 92.7 cm³/mol. The molecule has 1 aromatic rings. The zero-order chi connectivity index (χ0) is 16.9. The van der Waals surface area contributed by atoms with Crippen LogP contribution in [0, 0.1) is 0 Å². The van der Waals surface area contributed by atoms with E-state index >= 15 is 0 Å². The van der Waals surface area contributed by atoms with Crippen molar-refractivity contribution >= 4 is 17.5 Å². The zero-order valence-electron chi connectivity index (χ0n) is 14.1. The van der Waals surface area contributed by atoms with E-state index in [0.717, 1.165) is 18.7 Å². The minimum atomic E-state index is -0.183. The Morgan fingerprint density at radius 2 is 2.09 bits per heavy atom. The molecule has 1 unspecified atom stereocenters. The molecule has 1 atom stereocenters. The molecule has 0 bridgehead atoms. The molecule has 0 radical (unpaired) electrons. The molecule has 2 N–H and O–H groups in total. The summed E-state index contributed by atoms with van der Waals surface area (Å²) in [6.45, 7) is 7.44. The summed E-state index contributed by atoms with van der Waals surface area (Å²) in [5.41, 5.74) is 0.967. The van der Waals surface area contributed by atoms with Crippen LogP contribution in [0.2, 0.25) is 5.02 Å². The fourth-order valence-corrected chi connectivity index (χ4v) is 3.02. The van der Waals surface area contributed by atoms with Gasteiger partial charge in [0, 0.05) is 24.7 Å². The normalized spacial score (nSPS) is 19.3. The van der Waals surface area contributed by atoms with Crippen molar-refractivity contribution in [3.8, 4) is 0 Å². The third-order valence-electron chi connectivity index (χ3n) is 3.98. The average Bonchev–Trinajstić information content (AvgIpc) is 2.48. The number of morpholine rings is 1. The van der Waals surface area contributed by atoms with E-state index in [1.807, 2.05) is 24.3 Å². The Morgan fingerprint density at radius 3 is 2.70 bits per heavy atom. The second-order valence-corrected chi connectivity index (χ2v) is 6.92. The number of nitrogens with zero attached hydrogens (tertiary/aromatic N) is 1. The van der Waals surface area contributed by atoms with Gasteiger partial charge in [-0.15, -0.1) is 0 Å². The summed E-state index contributed by atoms with van der Waals surface area (Å²) in [5, 5.41) is 6.59. The van der Waals surface area contributed by atoms with Gasteiger partial charge in [0.2, 0.25) is 5.91 Å². The molecular weight excluding hydrogens is 314 g/mol. The molecule has 1 aliphatic heterocycles. The van der Waals surface area contributed by atoms with Crippen LogP contribution >= 0.6 is 11.6 Å². The highest BCUT2D eigenvalue weighted by Crippen LogP contribution is 2.27. The minimum absolute atomic E-state index is 0.000942. The van der Waals surface area contributed by atoms with Gasteiger partial charge in [-0.3, -0.25) is 9.69 Å². The second kappa shape index (κ2) is 8.11. The van der Waals surface area contributed by atoms with E-state index in [9.17, 15) is 4.79 Å². The van der Waals surface area contributed by atoms with Gasteiger partial charge in [0.15, 0.2) is 0 Å². The van der Waals surface area contributed by atoms with Gasteiger partial charge >= 0.3 is 0 Å². The Morgan fingerprint density at radius 1 is 1.39 bits per heavy atom. The molecule has 1 saturated heterocycles. The molecule has 1 aliphatic rings. The first kappa shape index (κ1) is 18.2. The van der Waals surface area contributed by atoms with E-state index in [4.69, 9.17) is 16.3 Å². The first-order valence-corrected chi connectivity index (χ1v) is 8.34. The molecule has 128 valence electrons. The summed E-state index contributed by atoms with van der Waals surface area (Å²) in [7, 11) is 1.76. The van der Waals surface area contributed by atoms with Crippen molar-refractivity contribution in [3.63, 3.8) is 0 Å². The average molecular weight is 340 g/mol. The number of ether oxygens (including phenoxy) is 1. The Labute approximate surface area is 143 Å². The lowest BCUT2D eigenvalue weighted by Crippen LogP contribution is -2.51.